The maximum Gasteiger partial charge on any atom is 0.0417 e. The lowest BCUT2D eigenvalue weighted by Crippen LogP contribution is -2.14. The van der Waals surface area contributed by atoms with Crippen molar-refractivity contribution in [1.29, 1.82) is 0 Å². The van der Waals surface area contributed by atoms with E-state index in [0.717, 1.165) is 16.8 Å². The average Bonchev–Trinajstić information content (AvgIpc) is 2.46. The number of benzene rings is 1. The predicted molar refractivity (Wildman–Crippen MR) is 67.8 cm³/mol. The van der Waals surface area contributed by atoms with E-state index in [9.17, 15) is 0 Å². The van der Waals surface area contributed by atoms with Gasteiger partial charge in [0.1, 0.15) is 0 Å². The Labute approximate surface area is 101 Å². The molecule has 1 atom stereocenters. The van der Waals surface area contributed by atoms with Gasteiger partial charge in [0.05, 0.1) is 0 Å². The molecule has 1 N–H and O–H groups in total. The van der Waals surface area contributed by atoms with Gasteiger partial charge in [0.25, 0.3) is 0 Å². The zero-order chi connectivity index (χ0) is 10.5. The minimum absolute atomic E-state index is 0.749. The first-order valence-electron chi connectivity index (χ1n) is 5.47. The maximum absolute atomic E-state index is 5.97. The lowest BCUT2D eigenvalue weighted by atomic mass is 10.2. The topological polar surface area (TPSA) is 12.0 Å². The fourth-order valence-electron chi connectivity index (χ4n) is 1.84. The molecule has 0 aromatic heterocycles. The molecule has 1 aliphatic rings. The third-order valence-electron chi connectivity index (χ3n) is 2.62. The van der Waals surface area contributed by atoms with Gasteiger partial charge in [-0.2, -0.15) is 0 Å². The third kappa shape index (κ3) is 3.71. The molecule has 0 bridgehead atoms. The number of rotatable bonds is 2. The van der Waals surface area contributed by atoms with Crippen molar-refractivity contribution in [3.63, 3.8) is 0 Å². The van der Waals surface area contributed by atoms with Crippen LogP contribution in [0.2, 0.25) is 5.02 Å². The highest BCUT2D eigenvalue weighted by Crippen LogP contribution is 2.30. The molecule has 1 aliphatic heterocycles. The molecule has 2 rings (SSSR count). The van der Waals surface area contributed by atoms with E-state index in [1.807, 2.05) is 23.9 Å². The minimum Gasteiger partial charge on any atom is -0.317 e. The molecule has 0 amide bonds. The van der Waals surface area contributed by atoms with Gasteiger partial charge in [-0.3, -0.25) is 0 Å². The number of halogens is 1. The average molecular weight is 242 g/mol. The lowest BCUT2D eigenvalue weighted by Gasteiger charge is -2.12. The maximum atomic E-state index is 5.97. The second-order valence-electron chi connectivity index (χ2n) is 3.88. The summed E-state index contributed by atoms with van der Waals surface area (Å²) in [7, 11) is 0. The van der Waals surface area contributed by atoms with Crippen molar-refractivity contribution in [1.82, 2.24) is 5.32 Å². The van der Waals surface area contributed by atoms with Crippen molar-refractivity contribution < 1.29 is 0 Å². The summed E-state index contributed by atoms with van der Waals surface area (Å²) in [5, 5.41) is 5.02. The molecule has 82 valence electrons. The van der Waals surface area contributed by atoms with E-state index in [-0.39, 0.29) is 0 Å². The van der Waals surface area contributed by atoms with Crippen LogP contribution in [0.5, 0.6) is 0 Å². The zero-order valence-corrected chi connectivity index (χ0v) is 10.3. The number of thioether (sulfide) groups is 1. The third-order valence-corrected chi connectivity index (χ3v) is 4.19. The highest BCUT2D eigenvalue weighted by molar-refractivity contribution is 8.00. The standard InChI is InChI=1S/C12H16ClNS/c13-10-3-1-4-12(9-10)15-11-5-2-7-14-8-6-11/h1,3-4,9,11,14H,2,5-8H2. The van der Waals surface area contributed by atoms with Crippen LogP contribution in [0.25, 0.3) is 0 Å². The number of hydrogen-bond donors (Lipinski definition) is 1. The van der Waals surface area contributed by atoms with Crippen LogP contribution in [-0.4, -0.2) is 18.3 Å². The van der Waals surface area contributed by atoms with E-state index in [0.29, 0.717) is 0 Å². The van der Waals surface area contributed by atoms with Gasteiger partial charge in [-0.15, -0.1) is 11.8 Å². The minimum atomic E-state index is 0.749. The first-order valence-corrected chi connectivity index (χ1v) is 6.73. The second kappa shape index (κ2) is 5.78. The van der Waals surface area contributed by atoms with Crippen LogP contribution in [0.15, 0.2) is 29.2 Å². The number of nitrogens with one attached hydrogen (secondary N) is 1. The lowest BCUT2D eigenvalue weighted by molar-refractivity contribution is 0.703. The normalized spacial score (nSPS) is 22.3. The summed E-state index contributed by atoms with van der Waals surface area (Å²) in [6, 6.07) is 8.17. The predicted octanol–water partition coefficient (Wildman–Crippen LogP) is 3.57. The molecule has 0 aliphatic carbocycles. The summed E-state index contributed by atoms with van der Waals surface area (Å²) in [5.74, 6) is 0. The molecule has 1 unspecified atom stereocenters. The Morgan fingerprint density at radius 2 is 2.20 bits per heavy atom. The van der Waals surface area contributed by atoms with Gasteiger partial charge >= 0.3 is 0 Å². The zero-order valence-electron chi connectivity index (χ0n) is 8.71. The van der Waals surface area contributed by atoms with Crippen molar-refractivity contribution in [2.24, 2.45) is 0 Å². The number of hydrogen-bond acceptors (Lipinski definition) is 2. The summed E-state index contributed by atoms with van der Waals surface area (Å²) >= 11 is 7.94. The van der Waals surface area contributed by atoms with Crippen LogP contribution in [0.3, 0.4) is 0 Å². The quantitative estimate of drug-likeness (QED) is 0.850. The van der Waals surface area contributed by atoms with Gasteiger partial charge in [-0.1, -0.05) is 17.7 Å². The van der Waals surface area contributed by atoms with E-state index in [1.54, 1.807) is 0 Å². The molecule has 15 heavy (non-hydrogen) atoms. The van der Waals surface area contributed by atoms with Gasteiger partial charge in [0.2, 0.25) is 0 Å². The molecular weight excluding hydrogens is 226 g/mol. The Morgan fingerprint density at radius 1 is 1.27 bits per heavy atom. The molecule has 1 saturated heterocycles. The van der Waals surface area contributed by atoms with Crippen LogP contribution in [0, 0.1) is 0 Å². The van der Waals surface area contributed by atoms with Gasteiger partial charge in [-0.05, 0) is 50.6 Å². The molecule has 0 saturated carbocycles. The largest absolute Gasteiger partial charge is 0.317 e. The molecule has 0 radical (unpaired) electrons. The van der Waals surface area contributed by atoms with E-state index in [2.05, 4.69) is 17.4 Å². The first kappa shape index (κ1) is 11.3. The van der Waals surface area contributed by atoms with Gasteiger partial charge in [0, 0.05) is 15.2 Å². The Hall–Kier alpha value is -0.180. The Bertz CT molecular complexity index is 308. The van der Waals surface area contributed by atoms with Crippen molar-refractivity contribution in [2.75, 3.05) is 13.1 Å². The van der Waals surface area contributed by atoms with Crippen molar-refractivity contribution in [3.8, 4) is 0 Å². The van der Waals surface area contributed by atoms with Crippen LogP contribution >= 0.6 is 23.4 Å². The molecule has 1 heterocycles. The molecular formula is C12H16ClNS. The highest BCUT2D eigenvalue weighted by atomic mass is 35.5. The van der Waals surface area contributed by atoms with Crippen LogP contribution in [0.4, 0.5) is 0 Å². The molecule has 1 fully saturated rings. The summed E-state index contributed by atoms with van der Waals surface area (Å²) in [5.41, 5.74) is 0. The first-order chi connectivity index (χ1) is 7.34. The fraction of sp³-hybridized carbons (Fsp3) is 0.500. The van der Waals surface area contributed by atoms with Gasteiger partial charge in [-0.25, -0.2) is 0 Å². The molecule has 3 heteroatoms. The smallest absolute Gasteiger partial charge is 0.0417 e. The molecule has 1 aromatic rings. The van der Waals surface area contributed by atoms with Crippen molar-refractivity contribution in [2.45, 2.75) is 29.4 Å². The van der Waals surface area contributed by atoms with Crippen LogP contribution in [-0.2, 0) is 0 Å². The monoisotopic (exact) mass is 241 g/mol. The van der Waals surface area contributed by atoms with Gasteiger partial charge < -0.3 is 5.32 Å². The summed E-state index contributed by atoms with van der Waals surface area (Å²) in [4.78, 5) is 1.30. The molecule has 1 nitrogen and oxygen atoms in total. The van der Waals surface area contributed by atoms with E-state index in [4.69, 9.17) is 11.6 Å². The van der Waals surface area contributed by atoms with Crippen molar-refractivity contribution in [3.05, 3.63) is 29.3 Å². The Morgan fingerprint density at radius 3 is 3.07 bits per heavy atom. The van der Waals surface area contributed by atoms with E-state index < -0.39 is 0 Å². The van der Waals surface area contributed by atoms with Crippen LogP contribution < -0.4 is 5.32 Å². The highest BCUT2D eigenvalue weighted by Gasteiger charge is 2.12. The van der Waals surface area contributed by atoms with E-state index >= 15 is 0 Å². The van der Waals surface area contributed by atoms with E-state index in [1.165, 1.54) is 30.7 Å². The fourth-order valence-corrected chi connectivity index (χ4v) is 3.35. The Balaban J connectivity index is 1.95. The summed E-state index contributed by atoms with van der Waals surface area (Å²) in [6.45, 7) is 2.32. The van der Waals surface area contributed by atoms with Crippen LogP contribution in [0.1, 0.15) is 19.3 Å². The molecule has 0 spiro atoms. The summed E-state index contributed by atoms with van der Waals surface area (Å²) < 4.78 is 0. The molecule has 1 aromatic carbocycles. The summed E-state index contributed by atoms with van der Waals surface area (Å²) in [6.07, 6.45) is 3.86. The Kier molecular flexibility index (Phi) is 4.36. The second-order valence-corrected chi connectivity index (χ2v) is 5.69. The SMILES string of the molecule is Clc1cccc(SC2CCCNCC2)c1. The van der Waals surface area contributed by atoms with Gasteiger partial charge in [0.15, 0.2) is 0 Å². The van der Waals surface area contributed by atoms with Crippen molar-refractivity contribution >= 4 is 23.4 Å².